The van der Waals surface area contributed by atoms with Gasteiger partial charge in [-0.2, -0.15) is 0 Å². The molecular weight excluding hydrogens is 184 g/mol. The van der Waals surface area contributed by atoms with Crippen molar-refractivity contribution < 1.29 is 0 Å². The molecule has 1 fully saturated rings. The van der Waals surface area contributed by atoms with Gasteiger partial charge in [0.05, 0.1) is 0 Å². The number of piperazine rings is 1. The minimum absolute atomic E-state index is 0.611. The summed E-state index contributed by atoms with van der Waals surface area (Å²) in [5.41, 5.74) is 0. The van der Waals surface area contributed by atoms with Crippen molar-refractivity contribution in [2.45, 2.75) is 25.9 Å². The molecule has 0 bridgehead atoms. The Morgan fingerprint density at radius 1 is 1.38 bits per heavy atom. The molecule has 76 valence electrons. The largest absolute Gasteiger partial charge is 0.298 e. The van der Waals surface area contributed by atoms with Gasteiger partial charge in [0, 0.05) is 36.8 Å². The zero-order valence-corrected chi connectivity index (χ0v) is 9.51. The summed E-state index contributed by atoms with van der Waals surface area (Å²) >= 11 is 5.79. The van der Waals surface area contributed by atoms with Gasteiger partial charge in [-0.1, -0.05) is 18.2 Å². The highest BCUT2D eigenvalue weighted by atomic mass is 35.5. The first-order chi connectivity index (χ1) is 6.00. The molecule has 0 saturated carbocycles. The van der Waals surface area contributed by atoms with Crippen LogP contribution < -0.4 is 0 Å². The van der Waals surface area contributed by atoms with Gasteiger partial charge >= 0.3 is 0 Å². The van der Waals surface area contributed by atoms with Crippen LogP contribution >= 0.6 is 11.6 Å². The zero-order valence-electron chi connectivity index (χ0n) is 8.76. The Balaban J connectivity index is 2.48. The molecule has 0 aromatic rings. The Morgan fingerprint density at radius 3 is 2.23 bits per heavy atom. The fraction of sp³-hybridized carbons (Fsp3) is 0.800. The van der Waals surface area contributed by atoms with E-state index in [2.05, 4.69) is 37.3 Å². The van der Waals surface area contributed by atoms with Crippen LogP contribution in [0.15, 0.2) is 11.6 Å². The second-order valence-corrected chi connectivity index (χ2v) is 4.61. The molecule has 0 spiro atoms. The van der Waals surface area contributed by atoms with Gasteiger partial charge in [-0.15, -0.1) is 0 Å². The van der Waals surface area contributed by atoms with Crippen LogP contribution in [0.3, 0.4) is 0 Å². The van der Waals surface area contributed by atoms with Crippen molar-refractivity contribution in [3.05, 3.63) is 11.6 Å². The normalized spacial score (nSPS) is 32.0. The van der Waals surface area contributed by atoms with Crippen LogP contribution in [-0.2, 0) is 0 Å². The Labute approximate surface area is 86.2 Å². The fourth-order valence-corrected chi connectivity index (χ4v) is 2.05. The van der Waals surface area contributed by atoms with Crippen molar-refractivity contribution in [1.29, 1.82) is 0 Å². The molecule has 0 aromatic heterocycles. The summed E-state index contributed by atoms with van der Waals surface area (Å²) in [4.78, 5) is 4.78. The molecule has 0 aliphatic carbocycles. The first-order valence-electron chi connectivity index (χ1n) is 4.78. The molecule has 0 aromatic carbocycles. The average Bonchev–Trinajstić information content (AvgIpc) is 1.98. The summed E-state index contributed by atoms with van der Waals surface area (Å²) in [6.45, 7) is 11.2. The summed E-state index contributed by atoms with van der Waals surface area (Å²) < 4.78 is 0. The number of likely N-dealkylation sites (N-methyl/N-ethyl adjacent to an activating group) is 1. The van der Waals surface area contributed by atoms with Crippen LogP contribution in [0, 0.1) is 0 Å². The summed E-state index contributed by atoms with van der Waals surface area (Å²) in [6.07, 6.45) is 0. The molecule has 3 heteroatoms. The first-order valence-corrected chi connectivity index (χ1v) is 5.16. The summed E-state index contributed by atoms with van der Waals surface area (Å²) in [6, 6.07) is 1.22. The van der Waals surface area contributed by atoms with E-state index in [4.69, 9.17) is 11.6 Å². The molecule has 2 atom stereocenters. The van der Waals surface area contributed by atoms with Gasteiger partial charge in [0.15, 0.2) is 0 Å². The highest BCUT2D eigenvalue weighted by molar-refractivity contribution is 6.29. The van der Waals surface area contributed by atoms with Crippen LogP contribution in [0.1, 0.15) is 13.8 Å². The van der Waals surface area contributed by atoms with Gasteiger partial charge in [0.1, 0.15) is 0 Å². The molecular formula is C10H19ClN2. The smallest absolute Gasteiger partial charge is 0.0336 e. The third kappa shape index (κ3) is 2.97. The first kappa shape index (κ1) is 11.0. The highest BCUT2D eigenvalue weighted by Gasteiger charge is 2.25. The standard InChI is InChI=1S/C10H19ClN2/c1-8(11)5-13-6-9(2)12(4)10(3)7-13/h9-10H,1,5-7H2,2-4H3. The lowest BCUT2D eigenvalue weighted by molar-refractivity contribution is 0.0668. The number of hydrogen-bond acceptors (Lipinski definition) is 2. The number of halogens is 1. The molecule has 1 aliphatic heterocycles. The maximum atomic E-state index is 5.79. The minimum atomic E-state index is 0.611. The molecule has 1 rings (SSSR count). The monoisotopic (exact) mass is 202 g/mol. The van der Waals surface area contributed by atoms with Crippen LogP contribution in [0.25, 0.3) is 0 Å². The molecule has 1 saturated heterocycles. The zero-order chi connectivity index (χ0) is 10.0. The number of rotatable bonds is 2. The lowest BCUT2D eigenvalue weighted by Gasteiger charge is -2.42. The predicted molar refractivity (Wildman–Crippen MR) is 58.1 cm³/mol. The Hall–Kier alpha value is -0.0500. The van der Waals surface area contributed by atoms with E-state index in [0.717, 1.165) is 24.7 Å². The maximum absolute atomic E-state index is 5.79. The fourth-order valence-electron chi connectivity index (χ4n) is 1.89. The second-order valence-electron chi connectivity index (χ2n) is 4.07. The third-order valence-corrected chi connectivity index (χ3v) is 2.95. The van der Waals surface area contributed by atoms with Crippen LogP contribution in [0.2, 0.25) is 0 Å². The van der Waals surface area contributed by atoms with Crippen LogP contribution in [0.4, 0.5) is 0 Å². The summed E-state index contributed by atoms with van der Waals surface area (Å²) in [5.74, 6) is 0. The Morgan fingerprint density at radius 2 is 1.85 bits per heavy atom. The van der Waals surface area contributed by atoms with Gasteiger partial charge in [-0.25, -0.2) is 0 Å². The number of nitrogens with zero attached hydrogens (tertiary/aromatic N) is 2. The molecule has 0 radical (unpaired) electrons. The molecule has 0 N–H and O–H groups in total. The number of hydrogen-bond donors (Lipinski definition) is 0. The van der Waals surface area contributed by atoms with E-state index in [9.17, 15) is 0 Å². The van der Waals surface area contributed by atoms with E-state index in [1.165, 1.54) is 0 Å². The molecule has 1 heterocycles. The van der Waals surface area contributed by atoms with Crippen molar-refractivity contribution >= 4 is 11.6 Å². The molecule has 1 aliphatic rings. The van der Waals surface area contributed by atoms with E-state index in [1.54, 1.807) is 0 Å². The topological polar surface area (TPSA) is 6.48 Å². The summed E-state index contributed by atoms with van der Waals surface area (Å²) in [7, 11) is 2.18. The van der Waals surface area contributed by atoms with Gasteiger partial charge in [0.25, 0.3) is 0 Å². The summed E-state index contributed by atoms with van der Waals surface area (Å²) in [5, 5.41) is 0.740. The minimum Gasteiger partial charge on any atom is -0.298 e. The van der Waals surface area contributed by atoms with Gasteiger partial charge < -0.3 is 0 Å². The van der Waals surface area contributed by atoms with E-state index >= 15 is 0 Å². The Bertz CT molecular complexity index is 181. The van der Waals surface area contributed by atoms with E-state index in [-0.39, 0.29) is 0 Å². The third-order valence-electron chi connectivity index (χ3n) is 2.83. The lowest BCUT2D eigenvalue weighted by Crippen LogP contribution is -2.54. The lowest BCUT2D eigenvalue weighted by atomic mass is 10.1. The highest BCUT2D eigenvalue weighted by Crippen LogP contribution is 2.14. The SMILES string of the molecule is C=C(Cl)CN1CC(C)N(C)C(C)C1. The molecule has 13 heavy (non-hydrogen) atoms. The van der Waals surface area contributed by atoms with Crippen molar-refractivity contribution in [2.24, 2.45) is 0 Å². The molecule has 2 unspecified atom stereocenters. The molecule has 2 nitrogen and oxygen atoms in total. The maximum Gasteiger partial charge on any atom is 0.0336 e. The van der Waals surface area contributed by atoms with E-state index < -0.39 is 0 Å². The van der Waals surface area contributed by atoms with Gasteiger partial charge in [0.2, 0.25) is 0 Å². The van der Waals surface area contributed by atoms with Gasteiger partial charge in [-0.3, -0.25) is 9.80 Å². The van der Waals surface area contributed by atoms with Gasteiger partial charge in [-0.05, 0) is 20.9 Å². The van der Waals surface area contributed by atoms with Crippen molar-refractivity contribution in [1.82, 2.24) is 9.80 Å². The predicted octanol–water partition coefficient (Wildman–Crippen LogP) is 1.76. The van der Waals surface area contributed by atoms with E-state index in [1.807, 2.05) is 0 Å². The van der Waals surface area contributed by atoms with Crippen molar-refractivity contribution in [2.75, 3.05) is 26.7 Å². The average molecular weight is 203 g/mol. The Kier molecular flexibility index (Phi) is 3.77. The van der Waals surface area contributed by atoms with Crippen molar-refractivity contribution in [3.63, 3.8) is 0 Å². The quantitative estimate of drug-likeness (QED) is 0.674. The van der Waals surface area contributed by atoms with Crippen LogP contribution in [-0.4, -0.2) is 48.6 Å². The second kappa shape index (κ2) is 4.45. The van der Waals surface area contributed by atoms with E-state index in [0.29, 0.717) is 12.1 Å². The molecule has 0 amide bonds. The van der Waals surface area contributed by atoms with Crippen molar-refractivity contribution in [3.8, 4) is 0 Å². The van der Waals surface area contributed by atoms with Crippen LogP contribution in [0.5, 0.6) is 0 Å².